The van der Waals surface area contributed by atoms with Crippen LogP contribution in [0.25, 0.3) is 0 Å². The first-order valence-electron chi connectivity index (χ1n) is 7.01. The highest BCUT2D eigenvalue weighted by molar-refractivity contribution is 6.31. The zero-order chi connectivity index (χ0) is 14.6. The lowest BCUT2D eigenvalue weighted by Crippen LogP contribution is -2.39. The number of rotatable bonds is 1. The van der Waals surface area contributed by atoms with Crippen molar-refractivity contribution in [2.24, 2.45) is 0 Å². The molecule has 0 saturated carbocycles. The second-order valence-corrected chi connectivity index (χ2v) is 6.05. The number of halogens is 2. The number of benzene rings is 2. The Bertz CT molecular complexity index is 743. The molecule has 1 unspecified atom stereocenters. The summed E-state index contributed by atoms with van der Waals surface area (Å²) >= 11 is 6.04. The van der Waals surface area contributed by atoms with Gasteiger partial charge in [0.2, 0.25) is 0 Å². The minimum Gasteiger partial charge on any atom is -0.325 e. The van der Waals surface area contributed by atoms with Gasteiger partial charge in [-0.3, -0.25) is 4.79 Å². The van der Waals surface area contributed by atoms with Crippen molar-refractivity contribution in [1.82, 2.24) is 4.90 Å². The Morgan fingerprint density at radius 1 is 1.14 bits per heavy atom. The summed E-state index contributed by atoms with van der Waals surface area (Å²) in [5, 5.41) is 0.567. The van der Waals surface area contributed by atoms with Gasteiger partial charge in [-0.1, -0.05) is 29.8 Å². The van der Waals surface area contributed by atoms with E-state index < -0.39 is 5.54 Å². The molecular weight excluding hydrogens is 289 g/mol. The third-order valence-corrected chi connectivity index (χ3v) is 4.84. The van der Waals surface area contributed by atoms with Gasteiger partial charge < -0.3 is 4.90 Å². The third-order valence-electron chi connectivity index (χ3n) is 4.61. The number of fused-ring (bicyclic) bond motifs is 3. The molecular formula is C17H13ClFNO. The van der Waals surface area contributed by atoms with Crippen LogP contribution >= 0.6 is 11.6 Å². The van der Waals surface area contributed by atoms with Crippen LogP contribution in [0.15, 0.2) is 42.5 Å². The van der Waals surface area contributed by atoms with Crippen molar-refractivity contribution in [3.8, 4) is 0 Å². The Morgan fingerprint density at radius 3 is 2.67 bits per heavy atom. The van der Waals surface area contributed by atoms with E-state index in [0.717, 1.165) is 30.5 Å². The lowest BCUT2D eigenvalue weighted by molar-refractivity contribution is 0.0711. The predicted octanol–water partition coefficient (Wildman–Crippen LogP) is 3.97. The van der Waals surface area contributed by atoms with Crippen molar-refractivity contribution in [2.45, 2.75) is 18.4 Å². The van der Waals surface area contributed by atoms with Crippen LogP contribution in [0.4, 0.5) is 4.39 Å². The molecule has 0 N–H and O–H groups in total. The number of hydrogen-bond donors (Lipinski definition) is 0. The first-order chi connectivity index (χ1) is 10.1. The summed E-state index contributed by atoms with van der Waals surface area (Å²) in [7, 11) is 0. The molecule has 1 saturated heterocycles. The predicted molar refractivity (Wildman–Crippen MR) is 78.9 cm³/mol. The van der Waals surface area contributed by atoms with Crippen LogP contribution in [0.1, 0.15) is 34.3 Å². The smallest absolute Gasteiger partial charge is 0.255 e. The molecule has 0 aliphatic carbocycles. The van der Waals surface area contributed by atoms with Gasteiger partial charge in [0.25, 0.3) is 5.91 Å². The number of hydrogen-bond acceptors (Lipinski definition) is 1. The molecule has 0 aromatic heterocycles. The molecule has 0 spiro atoms. The Hall–Kier alpha value is -1.87. The fourth-order valence-corrected chi connectivity index (χ4v) is 3.93. The summed E-state index contributed by atoms with van der Waals surface area (Å²) < 4.78 is 13.2. The molecule has 2 heterocycles. The van der Waals surface area contributed by atoms with Gasteiger partial charge in [0.1, 0.15) is 5.82 Å². The second-order valence-electron chi connectivity index (χ2n) is 5.62. The Labute approximate surface area is 127 Å². The van der Waals surface area contributed by atoms with Gasteiger partial charge in [0.15, 0.2) is 0 Å². The van der Waals surface area contributed by atoms with Crippen LogP contribution in [-0.2, 0) is 5.54 Å². The molecule has 0 bridgehead atoms. The third kappa shape index (κ3) is 1.61. The summed E-state index contributed by atoms with van der Waals surface area (Å²) in [5.74, 6) is -0.241. The molecule has 2 nitrogen and oxygen atoms in total. The number of nitrogens with zero attached hydrogens (tertiary/aromatic N) is 1. The SMILES string of the molecule is O=C1c2cc(Cl)ccc2C2(c3ccc(F)cc3)CCCN12. The first kappa shape index (κ1) is 12.8. The fraction of sp³-hybridized carbons (Fsp3) is 0.235. The summed E-state index contributed by atoms with van der Waals surface area (Å²) in [6, 6.07) is 12.0. The number of amides is 1. The molecule has 106 valence electrons. The van der Waals surface area contributed by atoms with Crippen molar-refractivity contribution in [3.63, 3.8) is 0 Å². The summed E-state index contributed by atoms with van der Waals surface area (Å²) in [4.78, 5) is 14.6. The summed E-state index contributed by atoms with van der Waals surface area (Å²) in [6.07, 6.45) is 1.81. The van der Waals surface area contributed by atoms with Crippen molar-refractivity contribution in [1.29, 1.82) is 0 Å². The number of carbonyl (C=O) groups is 1. The van der Waals surface area contributed by atoms with Crippen LogP contribution in [-0.4, -0.2) is 17.4 Å². The van der Waals surface area contributed by atoms with Crippen LogP contribution in [0.5, 0.6) is 0 Å². The fourth-order valence-electron chi connectivity index (χ4n) is 3.75. The van der Waals surface area contributed by atoms with E-state index in [-0.39, 0.29) is 11.7 Å². The Kier molecular flexibility index (Phi) is 2.64. The van der Waals surface area contributed by atoms with Crippen LogP contribution in [0, 0.1) is 5.82 Å². The molecule has 4 heteroatoms. The van der Waals surface area contributed by atoms with Crippen LogP contribution in [0.2, 0.25) is 5.02 Å². The molecule has 4 rings (SSSR count). The topological polar surface area (TPSA) is 20.3 Å². The van der Waals surface area contributed by atoms with E-state index in [1.54, 1.807) is 18.2 Å². The molecule has 2 aliphatic heterocycles. The monoisotopic (exact) mass is 301 g/mol. The molecule has 2 aromatic rings. The first-order valence-corrected chi connectivity index (χ1v) is 7.39. The molecule has 1 amide bonds. The molecule has 1 fully saturated rings. The standard InChI is InChI=1S/C17H13ClFNO/c18-12-4-7-15-14(10-12)16(21)20-9-1-8-17(15,20)11-2-5-13(19)6-3-11/h2-7,10H,1,8-9H2. The molecule has 1 atom stereocenters. The van der Waals surface area contributed by atoms with Gasteiger partial charge >= 0.3 is 0 Å². The Morgan fingerprint density at radius 2 is 1.90 bits per heavy atom. The van der Waals surface area contributed by atoms with Crippen molar-refractivity contribution >= 4 is 17.5 Å². The van der Waals surface area contributed by atoms with Crippen LogP contribution < -0.4 is 0 Å². The Balaban J connectivity index is 1.98. The minimum atomic E-state index is -0.454. The van der Waals surface area contributed by atoms with E-state index in [9.17, 15) is 9.18 Å². The zero-order valence-corrected chi connectivity index (χ0v) is 12.0. The number of carbonyl (C=O) groups excluding carboxylic acids is 1. The van der Waals surface area contributed by atoms with E-state index in [4.69, 9.17) is 11.6 Å². The van der Waals surface area contributed by atoms with Crippen LogP contribution in [0.3, 0.4) is 0 Å². The summed E-state index contributed by atoms with van der Waals surface area (Å²) in [5.41, 5.74) is 2.17. The lowest BCUT2D eigenvalue weighted by Gasteiger charge is -2.33. The van der Waals surface area contributed by atoms with Gasteiger partial charge in [-0.15, -0.1) is 0 Å². The average Bonchev–Trinajstić information content (AvgIpc) is 3.00. The van der Waals surface area contributed by atoms with Gasteiger partial charge in [0.05, 0.1) is 5.54 Å². The van der Waals surface area contributed by atoms with E-state index in [2.05, 4.69) is 0 Å². The maximum Gasteiger partial charge on any atom is 0.255 e. The highest BCUT2D eigenvalue weighted by atomic mass is 35.5. The van der Waals surface area contributed by atoms with Gasteiger partial charge in [-0.05, 0) is 48.2 Å². The molecule has 2 aromatic carbocycles. The van der Waals surface area contributed by atoms with Gasteiger partial charge in [0, 0.05) is 17.1 Å². The summed E-state index contributed by atoms with van der Waals surface area (Å²) in [6.45, 7) is 0.725. The highest BCUT2D eigenvalue weighted by Crippen LogP contribution is 2.51. The quantitative estimate of drug-likeness (QED) is 0.780. The van der Waals surface area contributed by atoms with Gasteiger partial charge in [-0.25, -0.2) is 4.39 Å². The van der Waals surface area contributed by atoms with E-state index in [1.807, 2.05) is 17.0 Å². The normalized spacial score (nSPS) is 23.3. The van der Waals surface area contributed by atoms with Crippen molar-refractivity contribution in [2.75, 3.05) is 6.54 Å². The molecule has 0 radical (unpaired) electrons. The minimum absolute atomic E-state index is 0.0225. The largest absolute Gasteiger partial charge is 0.325 e. The maximum absolute atomic E-state index is 13.2. The molecule has 21 heavy (non-hydrogen) atoms. The van der Waals surface area contributed by atoms with E-state index >= 15 is 0 Å². The van der Waals surface area contributed by atoms with Crippen molar-refractivity contribution < 1.29 is 9.18 Å². The highest BCUT2D eigenvalue weighted by Gasteiger charge is 2.53. The maximum atomic E-state index is 13.2. The van der Waals surface area contributed by atoms with Gasteiger partial charge in [-0.2, -0.15) is 0 Å². The lowest BCUT2D eigenvalue weighted by atomic mass is 9.81. The van der Waals surface area contributed by atoms with E-state index in [1.165, 1.54) is 12.1 Å². The van der Waals surface area contributed by atoms with E-state index in [0.29, 0.717) is 10.6 Å². The molecule has 2 aliphatic rings. The zero-order valence-electron chi connectivity index (χ0n) is 11.3. The second kappa shape index (κ2) is 4.31. The van der Waals surface area contributed by atoms with Crippen molar-refractivity contribution in [3.05, 3.63) is 70.0 Å². The average molecular weight is 302 g/mol.